The third-order valence-electron chi connectivity index (χ3n) is 3.56. The molecule has 0 bridgehead atoms. The van der Waals surface area contributed by atoms with Gasteiger partial charge in [-0.2, -0.15) is 0 Å². The average Bonchev–Trinajstić information content (AvgIpc) is 2.63. The van der Waals surface area contributed by atoms with Crippen molar-refractivity contribution in [2.75, 3.05) is 11.9 Å². The Kier molecular flexibility index (Phi) is 8.16. The summed E-state index contributed by atoms with van der Waals surface area (Å²) in [7, 11) is 0. The Morgan fingerprint density at radius 3 is 2.65 bits per heavy atom. The van der Waals surface area contributed by atoms with Crippen LogP contribution in [0.3, 0.4) is 0 Å². The summed E-state index contributed by atoms with van der Waals surface area (Å²) >= 11 is 17.3. The minimum Gasteiger partial charge on any atom is -0.493 e. The molecule has 0 aliphatic carbocycles. The summed E-state index contributed by atoms with van der Waals surface area (Å²) in [6.45, 7) is 2.69. The van der Waals surface area contributed by atoms with Crippen LogP contribution in [-0.4, -0.2) is 17.6 Å². The molecule has 0 saturated heterocycles. The van der Waals surface area contributed by atoms with E-state index in [0.717, 1.165) is 19.3 Å². The number of rotatable bonds is 7. The highest BCUT2D eigenvalue weighted by atomic mass is 35.5. The molecule has 26 heavy (non-hydrogen) atoms. The van der Waals surface area contributed by atoms with E-state index in [-0.39, 0.29) is 11.0 Å². The maximum absolute atomic E-state index is 12.5. The van der Waals surface area contributed by atoms with Gasteiger partial charge in [-0.05, 0) is 42.9 Å². The molecule has 0 aliphatic heterocycles. The number of amides is 1. The lowest BCUT2D eigenvalue weighted by atomic mass is 10.2. The fourth-order valence-electron chi connectivity index (χ4n) is 2.24. The van der Waals surface area contributed by atoms with E-state index in [4.69, 9.17) is 40.2 Å². The smallest absolute Gasteiger partial charge is 0.261 e. The first-order valence-corrected chi connectivity index (χ1v) is 9.47. The van der Waals surface area contributed by atoms with Gasteiger partial charge in [0, 0.05) is 0 Å². The largest absolute Gasteiger partial charge is 0.493 e. The summed E-state index contributed by atoms with van der Waals surface area (Å²) in [5, 5.41) is 6.37. The zero-order valence-corrected chi connectivity index (χ0v) is 16.7. The van der Waals surface area contributed by atoms with Crippen molar-refractivity contribution in [2.45, 2.75) is 26.2 Å². The fourth-order valence-corrected chi connectivity index (χ4v) is 2.79. The van der Waals surface area contributed by atoms with Crippen molar-refractivity contribution in [3.63, 3.8) is 0 Å². The van der Waals surface area contributed by atoms with Crippen LogP contribution in [0, 0.1) is 0 Å². The second-order valence-corrected chi connectivity index (χ2v) is 6.75. The number of halogens is 2. The predicted molar refractivity (Wildman–Crippen MR) is 112 cm³/mol. The maximum atomic E-state index is 12.5. The molecule has 0 fully saturated rings. The van der Waals surface area contributed by atoms with Crippen molar-refractivity contribution in [1.29, 1.82) is 0 Å². The van der Waals surface area contributed by atoms with E-state index < -0.39 is 0 Å². The van der Waals surface area contributed by atoms with Crippen LogP contribution in [0.5, 0.6) is 5.75 Å². The third kappa shape index (κ3) is 5.87. The van der Waals surface area contributed by atoms with Gasteiger partial charge in [-0.1, -0.05) is 61.2 Å². The highest BCUT2D eigenvalue weighted by Crippen LogP contribution is 2.29. The lowest BCUT2D eigenvalue weighted by Crippen LogP contribution is -2.34. The Labute approximate surface area is 168 Å². The SMILES string of the molecule is CCCCCOc1ccccc1C(=O)NC(=S)Nc1cccc(Cl)c1Cl. The summed E-state index contributed by atoms with van der Waals surface area (Å²) in [6.07, 6.45) is 3.14. The van der Waals surface area contributed by atoms with Gasteiger partial charge in [-0.25, -0.2) is 0 Å². The number of ether oxygens (including phenoxy) is 1. The van der Waals surface area contributed by atoms with E-state index in [2.05, 4.69) is 17.6 Å². The van der Waals surface area contributed by atoms with Crippen LogP contribution in [0.1, 0.15) is 36.5 Å². The summed E-state index contributed by atoms with van der Waals surface area (Å²) in [6, 6.07) is 12.2. The zero-order chi connectivity index (χ0) is 18.9. The van der Waals surface area contributed by atoms with E-state index in [1.807, 2.05) is 6.07 Å². The van der Waals surface area contributed by atoms with E-state index in [0.29, 0.717) is 33.7 Å². The van der Waals surface area contributed by atoms with Crippen molar-refractivity contribution in [3.8, 4) is 5.75 Å². The number of nitrogens with one attached hydrogen (secondary N) is 2. The number of benzene rings is 2. The molecule has 0 saturated carbocycles. The van der Waals surface area contributed by atoms with Crippen molar-refractivity contribution in [2.24, 2.45) is 0 Å². The molecule has 2 aromatic carbocycles. The lowest BCUT2D eigenvalue weighted by molar-refractivity contribution is 0.0973. The van der Waals surface area contributed by atoms with E-state index in [1.54, 1.807) is 36.4 Å². The molecule has 0 spiro atoms. The molecular formula is C19H20Cl2N2O2S. The molecule has 2 rings (SSSR count). The van der Waals surface area contributed by atoms with Gasteiger partial charge in [0.15, 0.2) is 5.11 Å². The van der Waals surface area contributed by atoms with Gasteiger partial charge >= 0.3 is 0 Å². The molecule has 0 radical (unpaired) electrons. The maximum Gasteiger partial charge on any atom is 0.261 e. The quantitative estimate of drug-likeness (QED) is 0.454. The normalized spacial score (nSPS) is 10.3. The van der Waals surface area contributed by atoms with Gasteiger partial charge in [-0.3, -0.25) is 10.1 Å². The standard InChI is InChI=1S/C19H20Cl2N2O2S/c1-2-3-6-12-25-16-11-5-4-8-13(16)18(24)23-19(26)22-15-10-7-9-14(20)17(15)21/h4-5,7-11H,2-3,6,12H2,1H3,(H2,22,23,24,26). The topological polar surface area (TPSA) is 50.4 Å². The summed E-state index contributed by atoms with van der Waals surface area (Å²) in [5.74, 6) is 0.177. The molecule has 2 N–H and O–H groups in total. The number of hydrogen-bond donors (Lipinski definition) is 2. The monoisotopic (exact) mass is 410 g/mol. The minimum atomic E-state index is -0.355. The molecule has 1 amide bonds. The van der Waals surface area contributed by atoms with Gasteiger partial charge in [0.25, 0.3) is 5.91 Å². The molecule has 0 aromatic heterocycles. The van der Waals surface area contributed by atoms with Crippen LogP contribution in [0.4, 0.5) is 5.69 Å². The number of hydrogen-bond acceptors (Lipinski definition) is 3. The van der Waals surface area contributed by atoms with Gasteiger partial charge in [0.05, 0.1) is 27.9 Å². The van der Waals surface area contributed by atoms with Crippen molar-refractivity contribution < 1.29 is 9.53 Å². The van der Waals surface area contributed by atoms with Crippen LogP contribution in [0.25, 0.3) is 0 Å². The lowest BCUT2D eigenvalue weighted by Gasteiger charge is -2.14. The number of unbranched alkanes of at least 4 members (excludes halogenated alkanes) is 2. The Bertz CT molecular complexity index is 784. The Balaban J connectivity index is 2.00. The minimum absolute atomic E-state index is 0.125. The Morgan fingerprint density at radius 1 is 1.12 bits per heavy atom. The molecule has 7 heteroatoms. The fraction of sp³-hybridized carbons (Fsp3) is 0.263. The Morgan fingerprint density at radius 2 is 1.88 bits per heavy atom. The Hall–Kier alpha value is -1.82. The second kappa shape index (κ2) is 10.4. The number of anilines is 1. The molecule has 138 valence electrons. The number of carbonyl (C=O) groups excluding carboxylic acids is 1. The second-order valence-electron chi connectivity index (χ2n) is 5.56. The number of para-hydroxylation sites is 1. The van der Waals surface area contributed by atoms with Gasteiger partial charge < -0.3 is 10.1 Å². The number of carbonyl (C=O) groups is 1. The van der Waals surface area contributed by atoms with Crippen molar-refractivity contribution in [1.82, 2.24) is 5.32 Å². The molecule has 0 atom stereocenters. The van der Waals surface area contributed by atoms with Crippen LogP contribution in [0.2, 0.25) is 10.0 Å². The summed E-state index contributed by atoms with van der Waals surface area (Å²) in [4.78, 5) is 12.5. The molecule has 4 nitrogen and oxygen atoms in total. The predicted octanol–water partition coefficient (Wildman–Crippen LogP) is 5.69. The van der Waals surface area contributed by atoms with Gasteiger partial charge in [0.2, 0.25) is 0 Å². The molecular weight excluding hydrogens is 391 g/mol. The van der Waals surface area contributed by atoms with Crippen LogP contribution in [0.15, 0.2) is 42.5 Å². The van der Waals surface area contributed by atoms with Gasteiger partial charge in [0.1, 0.15) is 5.75 Å². The van der Waals surface area contributed by atoms with E-state index in [9.17, 15) is 4.79 Å². The highest BCUT2D eigenvalue weighted by molar-refractivity contribution is 7.80. The molecule has 0 heterocycles. The van der Waals surface area contributed by atoms with Crippen molar-refractivity contribution >= 4 is 52.1 Å². The number of thiocarbonyl (C=S) groups is 1. The first-order chi connectivity index (χ1) is 12.5. The first kappa shape index (κ1) is 20.5. The van der Waals surface area contributed by atoms with Crippen molar-refractivity contribution in [3.05, 3.63) is 58.1 Å². The highest BCUT2D eigenvalue weighted by Gasteiger charge is 2.14. The van der Waals surface area contributed by atoms with Gasteiger partial charge in [-0.15, -0.1) is 0 Å². The first-order valence-electron chi connectivity index (χ1n) is 8.31. The zero-order valence-electron chi connectivity index (χ0n) is 14.4. The third-order valence-corrected chi connectivity index (χ3v) is 4.59. The molecule has 2 aromatic rings. The van der Waals surface area contributed by atoms with E-state index in [1.165, 1.54) is 0 Å². The summed E-state index contributed by atoms with van der Waals surface area (Å²) < 4.78 is 5.73. The van der Waals surface area contributed by atoms with E-state index >= 15 is 0 Å². The summed E-state index contributed by atoms with van der Waals surface area (Å²) in [5.41, 5.74) is 0.943. The van der Waals surface area contributed by atoms with Crippen LogP contribution in [-0.2, 0) is 0 Å². The average molecular weight is 411 g/mol. The van der Waals surface area contributed by atoms with Crippen LogP contribution >= 0.6 is 35.4 Å². The molecule has 0 unspecified atom stereocenters. The molecule has 0 aliphatic rings. The van der Waals surface area contributed by atoms with Crippen LogP contribution < -0.4 is 15.4 Å².